The number of nitrogens with two attached hydrogens (primary N) is 1. The number of carbonyl (C=O) groups is 1. The lowest BCUT2D eigenvalue weighted by molar-refractivity contribution is 0.0911. The number of benzene rings is 1. The Kier molecular flexibility index (Phi) is 3.19. The van der Waals surface area contributed by atoms with Crippen molar-refractivity contribution >= 4 is 22.5 Å². The summed E-state index contributed by atoms with van der Waals surface area (Å²) in [5.74, 6) is -1.45. The third-order valence-corrected chi connectivity index (χ3v) is 4.49. The summed E-state index contributed by atoms with van der Waals surface area (Å²) in [5, 5.41) is 4.67. The summed E-state index contributed by atoms with van der Waals surface area (Å²) in [5.41, 5.74) is 7.95. The number of hydrogen-bond acceptors (Lipinski definition) is 4. The molecule has 25 heavy (non-hydrogen) atoms. The number of carbonyl (C=O) groups excluding carboxylic acids is 1. The Labute approximate surface area is 142 Å². The number of rotatable bonds is 1. The van der Waals surface area contributed by atoms with Crippen LogP contribution in [0.3, 0.4) is 0 Å². The molecule has 0 atom stereocenters. The summed E-state index contributed by atoms with van der Waals surface area (Å²) in [6.45, 7) is 3.99. The summed E-state index contributed by atoms with van der Waals surface area (Å²) in [4.78, 5) is 17.1. The summed E-state index contributed by atoms with van der Waals surface area (Å²) >= 11 is 0. The van der Waals surface area contributed by atoms with E-state index in [-0.39, 0.29) is 16.9 Å². The van der Waals surface area contributed by atoms with Crippen LogP contribution in [0.1, 0.15) is 36.3 Å². The van der Waals surface area contributed by atoms with Crippen LogP contribution in [-0.2, 0) is 6.42 Å². The van der Waals surface area contributed by atoms with Gasteiger partial charge in [-0.25, -0.2) is 18.4 Å². The van der Waals surface area contributed by atoms with Gasteiger partial charge in [-0.2, -0.15) is 5.10 Å². The van der Waals surface area contributed by atoms with Crippen molar-refractivity contribution in [1.82, 2.24) is 14.8 Å². The van der Waals surface area contributed by atoms with Gasteiger partial charge in [0.05, 0.1) is 34.2 Å². The maximum atomic E-state index is 13.6. The molecule has 0 spiro atoms. The van der Waals surface area contributed by atoms with Crippen molar-refractivity contribution in [2.24, 2.45) is 5.41 Å². The first-order valence-corrected chi connectivity index (χ1v) is 7.91. The molecule has 0 fully saturated rings. The van der Waals surface area contributed by atoms with Gasteiger partial charge in [0.2, 0.25) is 0 Å². The number of nitrogen functional groups attached to an aromatic ring is 1. The Hall–Kier alpha value is -2.83. The normalized spacial score (nSPS) is 16.2. The molecule has 0 radical (unpaired) electrons. The molecule has 0 unspecified atom stereocenters. The highest BCUT2D eigenvalue weighted by atomic mass is 19.1. The third-order valence-electron chi connectivity index (χ3n) is 4.49. The molecule has 7 heteroatoms. The fraction of sp³-hybridized carbons (Fsp3) is 0.278. The van der Waals surface area contributed by atoms with Crippen molar-refractivity contribution in [3.63, 3.8) is 0 Å². The van der Waals surface area contributed by atoms with Crippen LogP contribution in [0.15, 0.2) is 24.4 Å². The van der Waals surface area contributed by atoms with Crippen molar-refractivity contribution in [2.45, 2.75) is 26.7 Å². The van der Waals surface area contributed by atoms with Crippen LogP contribution in [0.2, 0.25) is 0 Å². The molecule has 2 N–H and O–H groups in total. The van der Waals surface area contributed by atoms with E-state index in [2.05, 4.69) is 10.1 Å². The highest BCUT2D eigenvalue weighted by molar-refractivity contribution is 6.09. The molecule has 0 aliphatic heterocycles. The van der Waals surface area contributed by atoms with Gasteiger partial charge in [-0.1, -0.05) is 13.8 Å². The first-order chi connectivity index (χ1) is 11.7. The van der Waals surface area contributed by atoms with Gasteiger partial charge < -0.3 is 5.73 Å². The number of pyridine rings is 1. The molecule has 2 heterocycles. The smallest absolute Gasteiger partial charge is 0.167 e. The maximum absolute atomic E-state index is 13.6. The summed E-state index contributed by atoms with van der Waals surface area (Å²) in [6, 6.07) is 3.13. The molecular weight excluding hydrogens is 326 g/mol. The Morgan fingerprint density at radius 3 is 2.52 bits per heavy atom. The third kappa shape index (κ3) is 2.47. The van der Waals surface area contributed by atoms with E-state index >= 15 is 0 Å². The van der Waals surface area contributed by atoms with Crippen molar-refractivity contribution < 1.29 is 13.6 Å². The van der Waals surface area contributed by atoms with E-state index < -0.39 is 11.6 Å². The molecule has 0 saturated heterocycles. The van der Waals surface area contributed by atoms with Crippen molar-refractivity contribution in [3.05, 3.63) is 47.3 Å². The molecule has 1 aliphatic rings. The monoisotopic (exact) mass is 342 g/mol. The highest BCUT2D eigenvalue weighted by Gasteiger charge is 2.34. The Balaban J connectivity index is 1.99. The molecule has 0 saturated carbocycles. The second-order valence-electron chi connectivity index (χ2n) is 7.21. The largest absolute Gasteiger partial charge is 0.397 e. The van der Waals surface area contributed by atoms with E-state index in [1.54, 1.807) is 0 Å². The summed E-state index contributed by atoms with van der Waals surface area (Å²) in [6.07, 6.45) is 2.46. The molecule has 0 amide bonds. The summed E-state index contributed by atoms with van der Waals surface area (Å²) < 4.78 is 28.4. The van der Waals surface area contributed by atoms with Gasteiger partial charge in [-0.15, -0.1) is 0 Å². The molecule has 1 aromatic carbocycles. The lowest BCUT2D eigenvalue weighted by Crippen LogP contribution is -2.29. The number of anilines is 1. The fourth-order valence-electron chi connectivity index (χ4n) is 3.44. The number of nitrogens with zero attached hydrogens (tertiary/aromatic N) is 3. The molecular formula is C18H16F2N4O. The second kappa shape index (κ2) is 5.08. The van der Waals surface area contributed by atoms with E-state index in [4.69, 9.17) is 5.73 Å². The zero-order chi connectivity index (χ0) is 17.9. The fourth-order valence-corrected chi connectivity index (χ4v) is 3.44. The molecule has 3 aromatic rings. The molecule has 128 valence electrons. The van der Waals surface area contributed by atoms with Crippen molar-refractivity contribution in [1.29, 1.82) is 0 Å². The van der Waals surface area contributed by atoms with Gasteiger partial charge in [0, 0.05) is 12.5 Å². The first-order valence-electron chi connectivity index (χ1n) is 7.91. The average molecular weight is 342 g/mol. The van der Waals surface area contributed by atoms with Gasteiger partial charge in [-0.05, 0) is 24.0 Å². The minimum Gasteiger partial charge on any atom is -0.397 e. The van der Waals surface area contributed by atoms with E-state index in [9.17, 15) is 13.6 Å². The average Bonchev–Trinajstić information content (AvgIpc) is 2.88. The van der Waals surface area contributed by atoms with Crippen molar-refractivity contribution in [2.75, 3.05) is 5.73 Å². The molecule has 2 aromatic heterocycles. The van der Waals surface area contributed by atoms with Crippen LogP contribution in [0.25, 0.3) is 16.7 Å². The van der Waals surface area contributed by atoms with Gasteiger partial charge in [0.1, 0.15) is 11.6 Å². The SMILES string of the molecule is CC1(C)CC(=O)c2c(nc3c(cnn3-c3cc(F)cc(F)c3)c2N)C1. The maximum Gasteiger partial charge on any atom is 0.167 e. The van der Waals surface area contributed by atoms with E-state index in [0.717, 1.165) is 6.07 Å². The van der Waals surface area contributed by atoms with E-state index in [0.29, 0.717) is 40.8 Å². The van der Waals surface area contributed by atoms with Gasteiger partial charge in [0.15, 0.2) is 11.4 Å². The van der Waals surface area contributed by atoms with Crippen LogP contribution in [0.5, 0.6) is 0 Å². The topological polar surface area (TPSA) is 73.8 Å². The Bertz CT molecular complexity index is 1020. The second-order valence-corrected chi connectivity index (χ2v) is 7.21. The van der Waals surface area contributed by atoms with E-state index in [1.165, 1.54) is 23.0 Å². The standard InChI is InChI=1S/C18H16F2N4O/c1-18(2)6-13-15(14(25)7-18)16(21)12-8-22-24(17(12)23-13)11-4-9(19)3-10(20)5-11/h3-5,8H,6-7H2,1-2H3,(H2,21,23). The molecule has 4 rings (SSSR count). The number of ketones is 1. The number of Topliss-reactive ketones (excluding diaryl/α,β-unsaturated/α-hetero) is 1. The molecule has 1 aliphatic carbocycles. The van der Waals surface area contributed by atoms with Gasteiger partial charge >= 0.3 is 0 Å². The lowest BCUT2D eigenvalue weighted by atomic mass is 9.75. The molecule has 5 nitrogen and oxygen atoms in total. The zero-order valence-electron chi connectivity index (χ0n) is 13.8. The minimum atomic E-state index is -0.708. The van der Waals surface area contributed by atoms with Crippen LogP contribution in [0, 0.1) is 17.0 Å². The Morgan fingerprint density at radius 1 is 1.16 bits per heavy atom. The molecule has 0 bridgehead atoms. The Morgan fingerprint density at radius 2 is 1.84 bits per heavy atom. The van der Waals surface area contributed by atoms with Crippen LogP contribution in [-0.4, -0.2) is 20.5 Å². The minimum absolute atomic E-state index is 0.0392. The first kappa shape index (κ1) is 15.7. The number of fused-ring (bicyclic) bond motifs is 2. The zero-order valence-corrected chi connectivity index (χ0v) is 13.8. The predicted octanol–water partition coefficient (Wildman–Crippen LogP) is 3.44. The number of aromatic nitrogens is 3. The van der Waals surface area contributed by atoms with Crippen molar-refractivity contribution in [3.8, 4) is 5.69 Å². The lowest BCUT2D eigenvalue weighted by Gasteiger charge is -2.30. The number of halogens is 2. The highest BCUT2D eigenvalue weighted by Crippen LogP contribution is 2.38. The van der Waals surface area contributed by atoms with Crippen LogP contribution in [0.4, 0.5) is 14.5 Å². The number of hydrogen-bond donors (Lipinski definition) is 1. The van der Waals surface area contributed by atoms with Gasteiger partial charge in [0.25, 0.3) is 0 Å². The summed E-state index contributed by atoms with van der Waals surface area (Å²) in [7, 11) is 0. The quantitative estimate of drug-likeness (QED) is 0.735. The van der Waals surface area contributed by atoms with E-state index in [1.807, 2.05) is 13.8 Å². The van der Waals surface area contributed by atoms with Crippen LogP contribution >= 0.6 is 0 Å². The van der Waals surface area contributed by atoms with Crippen LogP contribution < -0.4 is 5.73 Å². The predicted molar refractivity (Wildman–Crippen MR) is 89.6 cm³/mol. The van der Waals surface area contributed by atoms with Gasteiger partial charge in [-0.3, -0.25) is 4.79 Å².